The van der Waals surface area contributed by atoms with Crippen molar-refractivity contribution in [2.45, 2.75) is 124 Å². The van der Waals surface area contributed by atoms with Crippen LogP contribution in [0.5, 0.6) is 0 Å². The highest BCUT2D eigenvalue weighted by Gasteiger charge is 2.76. The van der Waals surface area contributed by atoms with Gasteiger partial charge >= 0.3 is 11.9 Å². The lowest BCUT2D eigenvalue weighted by atomic mass is 9.33. The lowest BCUT2D eigenvalue weighted by Crippen LogP contribution is -2.78. The van der Waals surface area contributed by atoms with Gasteiger partial charge in [0, 0.05) is 29.7 Å². The van der Waals surface area contributed by atoms with Gasteiger partial charge < -0.3 is 19.7 Å². The molecule has 0 aromatic heterocycles. The van der Waals surface area contributed by atoms with Crippen LogP contribution in [0.15, 0.2) is 23.8 Å². The van der Waals surface area contributed by atoms with E-state index in [0.717, 1.165) is 24.8 Å². The monoisotopic (exact) mass is 544 g/mol. The zero-order valence-corrected chi connectivity index (χ0v) is 25.3. The van der Waals surface area contributed by atoms with Crippen molar-refractivity contribution in [3.63, 3.8) is 0 Å². The molecule has 220 valence electrons. The molecule has 2 saturated carbocycles. The molecule has 0 unspecified atom stereocenters. The van der Waals surface area contributed by atoms with Gasteiger partial charge in [-0.1, -0.05) is 73.0 Å². The Balaban J connectivity index is 1.80. The van der Waals surface area contributed by atoms with Crippen molar-refractivity contribution in [3.05, 3.63) is 23.8 Å². The molecule has 6 heteroatoms. The van der Waals surface area contributed by atoms with Crippen LogP contribution in [0.3, 0.4) is 0 Å². The maximum atomic E-state index is 13.2. The summed E-state index contributed by atoms with van der Waals surface area (Å²) in [7, 11) is 0. The van der Waals surface area contributed by atoms with E-state index in [1.165, 1.54) is 19.8 Å². The van der Waals surface area contributed by atoms with E-state index < -0.39 is 22.5 Å². The Morgan fingerprint density at radius 2 is 1.90 bits per heavy atom. The Hall–Kier alpha value is -1.66. The number of ether oxygens (including phenoxy) is 2. The van der Waals surface area contributed by atoms with Gasteiger partial charge in [-0.05, 0) is 67.3 Å². The summed E-state index contributed by atoms with van der Waals surface area (Å²) in [5, 5.41) is 25.3. The van der Waals surface area contributed by atoms with Crippen LogP contribution in [0.2, 0.25) is 0 Å². The van der Waals surface area contributed by atoms with Gasteiger partial charge in [-0.15, -0.1) is 0 Å². The summed E-state index contributed by atoms with van der Waals surface area (Å²) in [6.07, 6.45) is 12.0. The summed E-state index contributed by atoms with van der Waals surface area (Å²) >= 11 is 0. The molecule has 2 fully saturated rings. The number of aliphatic hydroxyl groups excluding tert-OH is 1. The van der Waals surface area contributed by atoms with Crippen molar-refractivity contribution in [3.8, 4) is 0 Å². The van der Waals surface area contributed by atoms with E-state index in [1.807, 2.05) is 0 Å². The minimum Gasteiger partial charge on any atom is -0.462 e. The van der Waals surface area contributed by atoms with Crippen LogP contribution < -0.4 is 0 Å². The summed E-state index contributed by atoms with van der Waals surface area (Å²) in [6.45, 7) is 15.1. The molecular weight excluding hydrogens is 492 g/mol. The van der Waals surface area contributed by atoms with E-state index in [0.29, 0.717) is 37.5 Å². The number of esters is 2. The van der Waals surface area contributed by atoms with Crippen molar-refractivity contribution in [1.29, 1.82) is 0 Å². The van der Waals surface area contributed by atoms with Gasteiger partial charge in [0.1, 0.15) is 12.7 Å². The quantitative estimate of drug-likeness (QED) is 0.253. The summed E-state index contributed by atoms with van der Waals surface area (Å²) in [4.78, 5) is 24.2. The zero-order valence-electron chi connectivity index (χ0n) is 25.3. The number of hydrogen-bond acceptors (Lipinski definition) is 6. The fourth-order valence-corrected chi connectivity index (χ4v) is 9.06. The second kappa shape index (κ2) is 11.0. The van der Waals surface area contributed by atoms with E-state index in [2.05, 4.69) is 53.7 Å². The minimum absolute atomic E-state index is 0.0505. The molecule has 0 radical (unpaired) electrons. The highest BCUT2D eigenvalue weighted by atomic mass is 16.5. The SMILES string of the molecule is CC(=O)O[C@@H]1C[C@]2(C)C=C[C@@H](CC[C@@H](C)CCC(C)C)[C@@]3([C@H](O)CCC(C)(C)[C@H]13)[C@@]2(O)CCC1=CC(=O)OC1. The predicted octanol–water partition coefficient (Wildman–Crippen LogP) is 6.14. The zero-order chi connectivity index (χ0) is 28.8. The fraction of sp³-hybridized carbons (Fsp3) is 0.818. The number of carbonyl (C=O) groups excluding carboxylic acids is 2. The van der Waals surface area contributed by atoms with Crippen LogP contribution >= 0.6 is 0 Å². The van der Waals surface area contributed by atoms with Crippen LogP contribution in [0, 0.1) is 39.9 Å². The van der Waals surface area contributed by atoms with Crippen molar-refractivity contribution < 1.29 is 29.3 Å². The van der Waals surface area contributed by atoms with E-state index in [9.17, 15) is 19.8 Å². The van der Waals surface area contributed by atoms with Crippen LogP contribution in [0.25, 0.3) is 0 Å². The summed E-state index contributed by atoms with van der Waals surface area (Å²) < 4.78 is 11.3. The van der Waals surface area contributed by atoms with Crippen molar-refractivity contribution in [1.82, 2.24) is 0 Å². The number of rotatable bonds is 10. The van der Waals surface area contributed by atoms with E-state index >= 15 is 0 Å². The minimum atomic E-state index is -1.24. The number of cyclic esters (lactones) is 1. The summed E-state index contributed by atoms with van der Waals surface area (Å²) in [5.41, 5.74) is -2.17. The van der Waals surface area contributed by atoms with E-state index in [1.54, 1.807) is 6.08 Å². The molecule has 0 aromatic carbocycles. The molecule has 8 atom stereocenters. The Bertz CT molecular complexity index is 996. The maximum absolute atomic E-state index is 13.2. The molecule has 1 aliphatic heterocycles. The molecule has 3 aliphatic carbocycles. The standard InChI is InChI=1S/C33H52O6/c1-21(2)8-9-22(3)10-11-25-13-16-31(7)19-26(39-23(4)34)29-30(5,6)15-14-27(35)33(25,29)32(31,37)17-12-24-18-28(36)38-20-24/h13,16,18,21-22,25-27,29,35,37H,8-12,14-15,17,19-20H2,1-7H3/t22-,25+,26+,27+,29-,31-,32+,33-/m0/s1. The third-order valence-corrected chi connectivity index (χ3v) is 11.0. The number of aliphatic hydroxyl groups is 2. The number of carbonyl (C=O) groups is 2. The molecule has 1 heterocycles. The third-order valence-electron chi connectivity index (χ3n) is 11.0. The van der Waals surface area contributed by atoms with Crippen LogP contribution in [-0.2, 0) is 19.1 Å². The van der Waals surface area contributed by atoms with Gasteiger partial charge in [-0.3, -0.25) is 4.79 Å². The topological polar surface area (TPSA) is 93.1 Å². The highest BCUT2D eigenvalue weighted by molar-refractivity contribution is 5.85. The molecule has 1 spiro atoms. The van der Waals surface area contributed by atoms with Crippen LogP contribution in [0.4, 0.5) is 0 Å². The van der Waals surface area contributed by atoms with Crippen LogP contribution in [-0.4, -0.2) is 46.6 Å². The van der Waals surface area contributed by atoms with Gasteiger partial charge in [-0.2, -0.15) is 0 Å². The van der Waals surface area contributed by atoms with Crippen molar-refractivity contribution in [2.24, 2.45) is 39.9 Å². The Labute approximate surface area is 235 Å². The third kappa shape index (κ3) is 5.25. The second-order valence-corrected chi connectivity index (χ2v) is 14.6. The first-order valence-corrected chi connectivity index (χ1v) is 15.3. The van der Waals surface area contributed by atoms with Crippen molar-refractivity contribution >= 4 is 11.9 Å². The molecule has 2 bridgehead atoms. The summed E-state index contributed by atoms with van der Waals surface area (Å²) in [5.74, 6) is 0.320. The molecule has 0 amide bonds. The Kier molecular flexibility index (Phi) is 8.52. The molecular formula is C33H52O6. The number of allylic oxidation sites excluding steroid dienone is 1. The fourth-order valence-electron chi connectivity index (χ4n) is 9.06. The average molecular weight is 545 g/mol. The van der Waals surface area contributed by atoms with Crippen LogP contribution in [0.1, 0.15) is 106 Å². The summed E-state index contributed by atoms with van der Waals surface area (Å²) in [6, 6.07) is 0. The van der Waals surface area contributed by atoms with E-state index in [4.69, 9.17) is 9.47 Å². The highest BCUT2D eigenvalue weighted by Crippen LogP contribution is 2.73. The molecule has 0 aromatic rings. The van der Waals surface area contributed by atoms with Gasteiger partial charge in [-0.25, -0.2) is 4.79 Å². The molecule has 4 aliphatic rings. The van der Waals surface area contributed by atoms with Gasteiger partial charge in [0.25, 0.3) is 0 Å². The predicted molar refractivity (Wildman–Crippen MR) is 152 cm³/mol. The number of fused-ring (bicyclic) bond motifs is 1. The Morgan fingerprint density at radius 3 is 2.51 bits per heavy atom. The molecule has 4 rings (SSSR count). The molecule has 6 nitrogen and oxygen atoms in total. The van der Waals surface area contributed by atoms with E-state index in [-0.39, 0.29) is 41.9 Å². The number of hydrogen-bond donors (Lipinski definition) is 2. The van der Waals surface area contributed by atoms with Gasteiger partial charge in [0.15, 0.2) is 0 Å². The first-order valence-electron chi connectivity index (χ1n) is 15.3. The molecule has 2 N–H and O–H groups in total. The lowest BCUT2D eigenvalue weighted by molar-refractivity contribution is -0.324. The molecule has 0 saturated heterocycles. The smallest absolute Gasteiger partial charge is 0.331 e. The Morgan fingerprint density at radius 1 is 1.18 bits per heavy atom. The maximum Gasteiger partial charge on any atom is 0.331 e. The van der Waals surface area contributed by atoms with Gasteiger partial charge in [0.2, 0.25) is 0 Å². The second-order valence-electron chi connectivity index (χ2n) is 14.6. The first-order chi connectivity index (χ1) is 18.2. The molecule has 39 heavy (non-hydrogen) atoms. The average Bonchev–Trinajstić information content (AvgIpc) is 3.25. The largest absolute Gasteiger partial charge is 0.462 e. The van der Waals surface area contributed by atoms with Gasteiger partial charge in [0.05, 0.1) is 11.7 Å². The lowest BCUT2D eigenvalue weighted by Gasteiger charge is -2.73. The normalized spacial score (nSPS) is 39.6. The van der Waals surface area contributed by atoms with Crippen molar-refractivity contribution in [2.75, 3.05) is 6.61 Å². The first kappa shape index (κ1) is 30.3.